The number of anilines is 1. The largest absolute Gasteiger partial charge is 0.478 e. The summed E-state index contributed by atoms with van der Waals surface area (Å²) in [4.78, 5) is 42.3. The van der Waals surface area contributed by atoms with Crippen molar-refractivity contribution in [3.63, 3.8) is 0 Å². The third kappa shape index (κ3) is 4.55. The molecule has 0 spiro atoms. The molecule has 0 unspecified atom stereocenters. The number of thiophene rings is 1. The van der Waals surface area contributed by atoms with Crippen LogP contribution in [0.5, 0.6) is 0 Å². The molecule has 0 aliphatic carbocycles. The number of halogens is 3. The lowest BCUT2D eigenvalue weighted by molar-refractivity contribution is -0.137. The second kappa shape index (κ2) is 8.75. The van der Waals surface area contributed by atoms with E-state index < -0.39 is 35.7 Å². The van der Waals surface area contributed by atoms with Gasteiger partial charge in [0.05, 0.1) is 16.5 Å². The summed E-state index contributed by atoms with van der Waals surface area (Å²) in [6.45, 7) is 1.24. The maximum absolute atomic E-state index is 13.3. The third-order valence-electron chi connectivity index (χ3n) is 4.98. The first kappa shape index (κ1) is 23.2. The molecule has 4 aromatic rings. The van der Waals surface area contributed by atoms with Gasteiger partial charge in [0.15, 0.2) is 0 Å². The molecule has 0 radical (unpaired) electrons. The van der Waals surface area contributed by atoms with Gasteiger partial charge in [-0.15, -0.1) is 11.3 Å². The van der Waals surface area contributed by atoms with Crippen LogP contribution in [0.25, 0.3) is 21.6 Å². The van der Waals surface area contributed by atoms with E-state index in [1.54, 1.807) is 18.2 Å². The van der Waals surface area contributed by atoms with Crippen LogP contribution in [0.1, 0.15) is 21.5 Å². The van der Waals surface area contributed by atoms with Gasteiger partial charge in [0.1, 0.15) is 17.2 Å². The van der Waals surface area contributed by atoms with Crippen LogP contribution in [0.2, 0.25) is 0 Å². The van der Waals surface area contributed by atoms with Crippen molar-refractivity contribution in [1.82, 2.24) is 9.55 Å². The molecule has 2 N–H and O–H groups in total. The number of fused-ring (bicyclic) bond motifs is 1. The quantitative estimate of drug-likeness (QED) is 0.422. The van der Waals surface area contributed by atoms with Gasteiger partial charge in [0, 0.05) is 16.6 Å². The molecule has 2 heterocycles. The highest BCUT2D eigenvalue weighted by Gasteiger charge is 2.30. The molecule has 11 heteroatoms. The van der Waals surface area contributed by atoms with E-state index in [9.17, 15) is 32.7 Å². The van der Waals surface area contributed by atoms with Crippen LogP contribution in [-0.4, -0.2) is 26.5 Å². The lowest BCUT2D eigenvalue weighted by Gasteiger charge is -2.14. The number of hydrogen-bond donors (Lipinski definition) is 2. The molecule has 1 amide bonds. The maximum Gasteiger partial charge on any atom is 0.416 e. The number of carboxylic acids is 1. The Morgan fingerprint density at radius 2 is 1.88 bits per heavy atom. The topological polar surface area (TPSA) is 101 Å². The zero-order chi connectivity index (χ0) is 24.6. The van der Waals surface area contributed by atoms with Crippen molar-refractivity contribution in [3.05, 3.63) is 81.0 Å². The Balaban J connectivity index is 1.79. The van der Waals surface area contributed by atoms with Crippen molar-refractivity contribution in [1.29, 1.82) is 0 Å². The van der Waals surface area contributed by atoms with E-state index in [1.165, 1.54) is 11.4 Å². The van der Waals surface area contributed by atoms with Crippen LogP contribution in [-0.2, 0) is 17.5 Å². The SMILES string of the molecule is Cc1cccc(-c2nc3scc(C(=O)O)c3c(=O)n2CC(=O)Nc2cccc(C(F)(F)F)c2)c1. The number of carbonyl (C=O) groups is 2. The number of hydrogen-bond acceptors (Lipinski definition) is 5. The summed E-state index contributed by atoms with van der Waals surface area (Å²) in [5, 5.41) is 13.0. The first-order chi connectivity index (χ1) is 16.0. The van der Waals surface area contributed by atoms with E-state index in [0.29, 0.717) is 5.56 Å². The molecule has 0 aliphatic heterocycles. The lowest BCUT2D eigenvalue weighted by Crippen LogP contribution is -2.30. The predicted molar refractivity (Wildman–Crippen MR) is 121 cm³/mol. The summed E-state index contributed by atoms with van der Waals surface area (Å²) in [6, 6.07) is 11.1. The van der Waals surface area contributed by atoms with E-state index >= 15 is 0 Å². The zero-order valence-electron chi connectivity index (χ0n) is 17.5. The molecule has 34 heavy (non-hydrogen) atoms. The summed E-state index contributed by atoms with van der Waals surface area (Å²) in [5.74, 6) is -1.95. The molecular formula is C23H16F3N3O4S. The number of aromatic carboxylic acids is 1. The average Bonchev–Trinajstić information content (AvgIpc) is 3.20. The summed E-state index contributed by atoms with van der Waals surface area (Å²) in [7, 11) is 0. The van der Waals surface area contributed by atoms with E-state index in [-0.39, 0.29) is 27.3 Å². The molecule has 4 rings (SSSR count). The van der Waals surface area contributed by atoms with Crippen molar-refractivity contribution in [2.45, 2.75) is 19.6 Å². The van der Waals surface area contributed by atoms with Gasteiger partial charge >= 0.3 is 12.1 Å². The van der Waals surface area contributed by atoms with Crippen molar-refractivity contribution < 1.29 is 27.9 Å². The Bertz CT molecular complexity index is 1490. The number of carbonyl (C=O) groups excluding carboxylic acids is 1. The Labute approximate surface area is 194 Å². The highest BCUT2D eigenvalue weighted by atomic mass is 32.1. The van der Waals surface area contributed by atoms with Gasteiger partial charge in [-0.3, -0.25) is 14.2 Å². The second-order valence-corrected chi connectivity index (χ2v) is 8.32. The van der Waals surface area contributed by atoms with Gasteiger partial charge in [0.2, 0.25) is 5.91 Å². The van der Waals surface area contributed by atoms with Crippen molar-refractivity contribution >= 4 is 39.1 Å². The van der Waals surface area contributed by atoms with Crippen LogP contribution in [0, 0.1) is 6.92 Å². The normalized spacial score (nSPS) is 11.5. The van der Waals surface area contributed by atoms with Gasteiger partial charge in [-0.2, -0.15) is 13.2 Å². The fourth-order valence-corrected chi connectivity index (χ4v) is 4.35. The van der Waals surface area contributed by atoms with Crippen molar-refractivity contribution in [2.24, 2.45) is 0 Å². The Morgan fingerprint density at radius 3 is 2.56 bits per heavy atom. The zero-order valence-corrected chi connectivity index (χ0v) is 18.3. The van der Waals surface area contributed by atoms with E-state index in [2.05, 4.69) is 10.3 Å². The molecule has 0 fully saturated rings. The molecule has 0 aliphatic rings. The smallest absolute Gasteiger partial charge is 0.416 e. The monoisotopic (exact) mass is 487 g/mol. The minimum Gasteiger partial charge on any atom is -0.478 e. The predicted octanol–water partition coefficient (Wildman–Crippen LogP) is 4.79. The average molecular weight is 487 g/mol. The highest BCUT2D eigenvalue weighted by molar-refractivity contribution is 7.17. The van der Waals surface area contributed by atoms with Gasteiger partial charge in [-0.25, -0.2) is 9.78 Å². The first-order valence-electron chi connectivity index (χ1n) is 9.84. The summed E-state index contributed by atoms with van der Waals surface area (Å²) in [5.41, 5.74) is -0.615. The summed E-state index contributed by atoms with van der Waals surface area (Å²) in [6.07, 6.45) is -4.59. The van der Waals surface area contributed by atoms with Crippen LogP contribution >= 0.6 is 11.3 Å². The minimum absolute atomic E-state index is 0.0965. The highest BCUT2D eigenvalue weighted by Crippen LogP contribution is 2.31. The van der Waals surface area contributed by atoms with Crippen molar-refractivity contribution in [2.75, 3.05) is 5.32 Å². The fraction of sp³-hybridized carbons (Fsp3) is 0.130. The van der Waals surface area contributed by atoms with Gasteiger partial charge in [0.25, 0.3) is 5.56 Å². The summed E-state index contributed by atoms with van der Waals surface area (Å²) < 4.78 is 40.0. The number of aryl methyl sites for hydroxylation is 1. The lowest BCUT2D eigenvalue weighted by atomic mass is 10.1. The number of rotatable bonds is 5. The van der Waals surface area contributed by atoms with E-state index in [1.807, 2.05) is 13.0 Å². The number of carboxylic acid groups (broad SMARTS) is 1. The Morgan fingerprint density at radius 1 is 1.15 bits per heavy atom. The number of nitrogens with zero attached hydrogens (tertiary/aromatic N) is 2. The number of alkyl halides is 3. The maximum atomic E-state index is 13.3. The van der Waals surface area contributed by atoms with Gasteiger partial charge in [-0.05, 0) is 31.2 Å². The molecule has 2 aromatic carbocycles. The molecule has 0 saturated heterocycles. The molecule has 0 atom stereocenters. The number of benzene rings is 2. The molecule has 0 saturated carbocycles. The van der Waals surface area contributed by atoms with Crippen molar-refractivity contribution in [3.8, 4) is 11.4 Å². The van der Waals surface area contributed by atoms with Gasteiger partial charge in [-0.1, -0.05) is 29.8 Å². The fourth-order valence-electron chi connectivity index (χ4n) is 3.45. The number of aromatic nitrogens is 2. The van der Waals surface area contributed by atoms with Gasteiger partial charge < -0.3 is 10.4 Å². The molecule has 7 nitrogen and oxygen atoms in total. The molecular weight excluding hydrogens is 471 g/mol. The Kier molecular flexibility index (Phi) is 5.96. The standard InChI is InChI=1S/C23H16F3N3O4S/c1-12-4-2-5-13(8-12)19-28-20-18(16(11-34-20)22(32)33)21(31)29(19)10-17(30)27-15-7-3-6-14(9-15)23(24,25)26/h2-9,11H,10H2,1H3,(H,27,30)(H,32,33). The van der Waals surface area contributed by atoms with Crippen LogP contribution in [0.3, 0.4) is 0 Å². The summed E-state index contributed by atoms with van der Waals surface area (Å²) >= 11 is 0.991. The molecule has 174 valence electrons. The van der Waals surface area contributed by atoms with E-state index in [0.717, 1.165) is 39.7 Å². The molecule has 0 bridgehead atoms. The van der Waals surface area contributed by atoms with Crippen LogP contribution in [0.4, 0.5) is 18.9 Å². The third-order valence-corrected chi connectivity index (χ3v) is 5.85. The Hall–Kier alpha value is -3.99. The molecule has 2 aromatic heterocycles. The number of nitrogens with one attached hydrogen (secondary N) is 1. The van der Waals surface area contributed by atoms with Crippen LogP contribution in [0.15, 0.2) is 58.7 Å². The minimum atomic E-state index is -4.59. The number of amides is 1. The first-order valence-corrected chi connectivity index (χ1v) is 10.7. The second-order valence-electron chi connectivity index (χ2n) is 7.46. The van der Waals surface area contributed by atoms with Crippen LogP contribution < -0.4 is 10.9 Å². The van der Waals surface area contributed by atoms with E-state index in [4.69, 9.17) is 0 Å².